The van der Waals surface area contributed by atoms with Gasteiger partial charge >= 0.3 is 0 Å². The van der Waals surface area contributed by atoms with Crippen molar-refractivity contribution in [3.63, 3.8) is 0 Å². The van der Waals surface area contributed by atoms with Crippen molar-refractivity contribution in [3.05, 3.63) is 44.8 Å². The van der Waals surface area contributed by atoms with Gasteiger partial charge in [0.2, 0.25) is 5.91 Å². The predicted octanol–water partition coefficient (Wildman–Crippen LogP) is 2.30. The van der Waals surface area contributed by atoms with Gasteiger partial charge in [-0.25, -0.2) is 0 Å². The highest BCUT2D eigenvalue weighted by Crippen LogP contribution is 2.15. The van der Waals surface area contributed by atoms with Gasteiger partial charge in [-0.3, -0.25) is 19.4 Å². The van der Waals surface area contributed by atoms with Gasteiger partial charge < -0.3 is 9.80 Å². The zero-order valence-corrected chi connectivity index (χ0v) is 18.3. The fourth-order valence-corrected chi connectivity index (χ4v) is 5.33. The monoisotopic (exact) mass is 432 g/mol. The van der Waals surface area contributed by atoms with Crippen molar-refractivity contribution in [3.8, 4) is 0 Å². The fourth-order valence-electron chi connectivity index (χ4n) is 3.98. The van der Waals surface area contributed by atoms with Gasteiger partial charge in [0.15, 0.2) is 0 Å². The molecule has 0 spiro atoms. The summed E-state index contributed by atoms with van der Waals surface area (Å²) in [6.45, 7) is 8.02. The second kappa shape index (κ2) is 9.84. The summed E-state index contributed by atoms with van der Waals surface area (Å²) in [6, 6.07) is 5.98. The molecular weight excluding hydrogens is 404 g/mol. The van der Waals surface area contributed by atoms with E-state index in [-0.39, 0.29) is 11.8 Å². The van der Waals surface area contributed by atoms with E-state index in [1.54, 1.807) is 11.3 Å². The summed E-state index contributed by atoms with van der Waals surface area (Å²) >= 11 is 3.23. The normalized spacial score (nSPS) is 19.3. The Bertz CT molecular complexity index is 786. The van der Waals surface area contributed by atoms with Crippen LogP contribution in [0.3, 0.4) is 0 Å². The third-order valence-corrected chi connectivity index (χ3v) is 7.27. The van der Waals surface area contributed by atoms with Crippen LogP contribution in [-0.2, 0) is 11.3 Å². The van der Waals surface area contributed by atoms with Gasteiger partial charge in [0.05, 0.1) is 11.4 Å². The Hall–Kier alpha value is -1.74. The molecule has 2 aromatic rings. The zero-order valence-electron chi connectivity index (χ0n) is 16.7. The Kier molecular flexibility index (Phi) is 6.97. The van der Waals surface area contributed by atoms with Crippen molar-refractivity contribution in [1.82, 2.24) is 19.6 Å². The third kappa shape index (κ3) is 5.45. The second-order valence-electron chi connectivity index (χ2n) is 7.69. The van der Waals surface area contributed by atoms with Crippen LogP contribution in [0.2, 0.25) is 0 Å². The summed E-state index contributed by atoms with van der Waals surface area (Å²) < 4.78 is 0. The Morgan fingerprint density at radius 3 is 2.38 bits per heavy atom. The summed E-state index contributed by atoms with van der Waals surface area (Å²) in [5.74, 6) is 0.341. The number of hydrogen-bond acceptors (Lipinski definition) is 6. The van der Waals surface area contributed by atoms with Crippen LogP contribution < -0.4 is 0 Å². The number of thiophene rings is 2. The molecule has 2 amide bonds. The van der Waals surface area contributed by atoms with Crippen LogP contribution in [-0.4, -0.2) is 90.3 Å². The summed E-state index contributed by atoms with van der Waals surface area (Å²) in [7, 11) is 0. The molecule has 0 N–H and O–H groups in total. The largest absolute Gasteiger partial charge is 0.339 e. The molecule has 0 aromatic carbocycles. The molecule has 0 atom stereocenters. The van der Waals surface area contributed by atoms with Crippen molar-refractivity contribution in [1.29, 1.82) is 0 Å². The van der Waals surface area contributed by atoms with Gasteiger partial charge in [0.25, 0.3) is 5.91 Å². The Labute approximate surface area is 180 Å². The standard InChI is InChI=1S/C21H28N4O2S2/c26-20(24-10-7-23(8-11-24)15-18-4-14-28-17-18)16-22-5-2-6-25(12-9-22)21(27)19-3-1-13-29-19/h1,3-4,13-14,17H,2,5-12,15-16H2. The minimum Gasteiger partial charge on any atom is -0.339 e. The van der Waals surface area contributed by atoms with Crippen molar-refractivity contribution < 1.29 is 9.59 Å². The van der Waals surface area contributed by atoms with E-state index in [0.717, 1.165) is 63.7 Å². The number of rotatable bonds is 5. The first-order chi connectivity index (χ1) is 14.2. The SMILES string of the molecule is O=C(CN1CCCN(C(=O)c2cccs2)CC1)N1CCN(Cc2ccsc2)CC1. The maximum absolute atomic E-state index is 12.8. The molecule has 156 valence electrons. The third-order valence-electron chi connectivity index (χ3n) is 5.68. The van der Waals surface area contributed by atoms with E-state index in [1.165, 1.54) is 16.9 Å². The molecule has 2 aliphatic heterocycles. The van der Waals surface area contributed by atoms with Gasteiger partial charge in [0.1, 0.15) is 0 Å². The van der Waals surface area contributed by atoms with Gasteiger partial charge in [-0.15, -0.1) is 11.3 Å². The van der Waals surface area contributed by atoms with E-state index < -0.39 is 0 Å². The van der Waals surface area contributed by atoms with E-state index >= 15 is 0 Å². The van der Waals surface area contributed by atoms with Crippen molar-refractivity contribution in [2.75, 3.05) is 58.9 Å². The number of piperazine rings is 1. The van der Waals surface area contributed by atoms with Crippen molar-refractivity contribution in [2.24, 2.45) is 0 Å². The average molecular weight is 433 g/mol. The molecule has 6 nitrogen and oxygen atoms in total. The molecule has 0 saturated carbocycles. The van der Waals surface area contributed by atoms with E-state index in [1.807, 2.05) is 27.3 Å². The lowest BCUT2D eigenvalue weighted by molar-refractivity contribution is -0.134. The molecule has 2 fully saturated rings. The van der Waals surface area contributed by atoms with Crippen LogP contribution in [0.1, 0.15) is 21.7 Å². The second-order valence-corrected chi connectivity index (χ2v) is 9.42. The maximum Gasteiger partial charge on any atom is 0.263 e. The van der Waals surface area contributed by atoms with Gasteiger partial charge in [-0.05, 0) is 40.3 Å². The van der Waals surface area contributed by atoms with Crippen molar-refractivity contribution in [2.45, 2.75) is 13.0 Å². The van der Waals surface area contributed by atoms with E-state index in [4.69, 9.17) is 0 Å². The first-order valence-electron chi connectivity index (χ1n) is 10.3. The topological polar surface area (TPSA) is 47.1 Å². The molecule has 2 saturated heterocycles. The molecular formula is C21H28N4O2S2. The summed E-state index contributed by atoms with van der Waals surface area (Å²) in [4.78, 5) is 34.7. The minimum absolute atomic E-state index is 0.120. The lowest BCUT2D eigenvalue weighted by Crippen LogP contribution is -2.51. The van der Waals surface area contributed by atoms with Crippen LogP contribution in [0.4, 0.5) is 0 Å². The molecule has 2 aliphatic rings. The molecule has 0 bridgehead atoms. The molecule has 8 heteroatoms. The fraction of sp³-hybridized carbons (Fsp3) is 0.524. The minimum atomic E-state index is 0.120. The van der Waals surface area contributed by atoms with Gasteiger partial charge in [0, 0.05) is 58.9 Å². The molecule has 29 heavy (non-hydrogen) atoms. The average Bonchev–Trinajstić information content (AvgIpc) is 3.40. The number of carbonyl (C=O) groups is 2. The first kappa shape index (κ1) is 20.5. The summed E-state index contributed by atoms with van der Waals surface area (Å²) in [6.07, 6.45) is 0.915. The van der Waals surface area contributed by atoms with Crippen LogP contribution >= 0.6 is 22.7 Å². The Morgan fingerprint density at radius 1 is 0.862 bits per heavy atom. The maximum atomic E-state index is 12.8. The summed E-state index contributed by atoms with van der Waals surface area (Å²) in [5.41, 5.74) is 1.36. The van der Waals surface area contributed by atoms with Gasteiger partial charge in [-0.2, -0.15) is 11.3 Å². The lowest BCUT2D eigenvalue weighted by Gasteiger charge is -2.35. The highest BCUT2D eigenvalue weighted by molar-refractivity contribution is 7.12. The zero-order chi connectivity index (χ0) is 20.1. The van der Waals surface area contributed by atoms with E-state index in [2.05, 4.69) is 26.6 Å². The summed E-state index contributed by atoms with van der Waals surface area (Å²) in [5, 5.41) is 6.25. The molecule has 2 aromatic heterocycles. The molecule has 0 aliphatic carbocycles. The quantitative estimate of drug-likeness (QED) is 0.728. The highest BCUT2D eigenvalue weighted by Gasteiger charge is 2.25. The number of amides is 2. The lowest BCUT2D eigenvalue weighted by atomic mass is 10.2. The van der Waals surface area contributed by atoms with E-state index in [9.17, 15) is 9.59 Å². The smallest absolute Gasteiger partial charge is 0.263 e. The van der Waals surface area contributed by atoms with Crippen LogP contribution in [0.5, 0.6) is 0 Å². The predicted molar refractivity (Wildman–Crippen MR) is 117 cm³/mol. The Balaban J connectivity index is 1.21. The van der Waals surface area contributed by atoms with Crippen molar-refractivity contribution >= 4 is 34.5 Å². The number of carbonyl (C=O) groups excluding carboxylic acids is 2. The van der Waals surface area contributed by atoms with Gasteiger partial charge in [-0.1, -0.05) is 6.07 Å². The molecule has 0 unspecified atom stereocenters. The van der Waals surface area contributed by atoms with Crippen LogP contribution in [0.25, 0.3) is 0 Å². The van der Waals surface area contributed by atoms with E-state index in [0.29, 0.717) is 13.1 Å². The number of hydrogen-bond donors (Lipinski definition) is 0. The number of nitrogens with zero attached hydrogens (tertiary/aromatic N) is 4. The molecule has 0 radical (unpaired) electrons. The first-order valence-corrected chi connectivity index (χ1v) is 12.1. The Morgan fingerprint density at radius 2 is 1.66 bits per heavy atom. The molecule has 4 rings (SSSR count). The highest BCUT2D eigenvalue weighted by atomic mass is 32.1. The molecule has 4 heterocycles. The van der Waals surface area contributed by atoms with Crippen LogP contribution in [0, 0.1) is 0 Å². The van der Waals surface area contributed by atoms with Crippen LogP contribution in [0.15, 0.2) is 34.3 Å².